The maximum Gasteiger partial charge on any atom is 0.256 e. The molecule has 0 unspecified atom stereocenters. The van der Waals surface area contributed by atoms with E-state index in [1.165, 1.54) is 6.07 Å². The second-order valence-corrected chi connectivity index (χ2v) is 6.63. The fourth-order valence-electron chi connectivity index (χ4n) is 3.27. The molecule has 2 heterocycles. The standard InChI is InChI=1S/C22H18FN3O3/c23-18-11-19-15(16(21(28)25-19)9-14-7-4-8-24-14)10-17(18)22(29)26-20(12-27)13-5-2-1-3-6-13/h1-11,20,24,27H,12H2,(H,25,28)(H,26,29)/b16-9-/t20-/m1/s1. The maximum atomic E-state index is 14.6. The summed E-state index contributed by atoms with van der Waals surface area (Å²) in [6, 6.07) is 14.3. The zero-order chi connectivity index (χ0) is 20.4. The third-order valence-electron chi connectivity index (χ3n) is 4.75. The minimum Gasteiger partial charge on any atom is -0.394 e. The van der Waals surface area contributed by atoms with E-state index in [1.807, 2.05) is 6.07 Å². The zero-order valence-corrected chi connectivity index (χ0v) is 15.3. The fraction of sp³-hybridized carbons (Fsp3) is 0.0909. The predicted molar refractivity (Wildman–Crippen MR) is 107 cm³/mol. The number of fused-ring (bicyclic) bond motifs is 1. The average Bonchev–Trinajstić information content (AvgIpc) is 3.34. The van der Waals surface area contributed by atoms with Crippen LogP contribution in [0.25, 0.3) is 11.6 Å². The van der Waals surface area contributed by atoms with Crippen molar-refractivity contribution in [1.29, 1.82) is 0 Å². The molecular formula is C22H18FN3O3. The summed E-state index contributed by atoms with van der Waals surface area (Å²) >= 11 is 0. The van der Waals surface area contributed by atoms with Gasteiger partial charge in [-0.25, -0.2) is 4.39 Å². The van der Waals surface area contributed by atoms with Crippen molar-refractivity contribution >= 4 is 29.2 Å². The lowest BCUT2D eigenvalue weighted by atomic mass is 10.0. The summed E-state index contributed by atoms with van der Waals surface area (Å²) in [6.07, 6.45) is 3.36. The summed E-state index contributed by atoms with van der Waals surface area (Å²) in [5.41, 5.74) is 2.29. The quantitative estimate of drug-likeness (QED) is 0.504. The van der Waals surface area contributed by atoms with Crippen LogP contribution in [-0.4, -0.2) is 28.5 Å². The molecule has 6 nitrogen and oxygen atoms in total. The van der Waals surface area contributed by atoms with Crippen molar-refractivity contribution < 1.29 is 19.1 Å². The minimum atomic E-state index is -0.757. The van der Waals surface area contributed by atoms with Gasteiger partial charge < -0.3 is 20.7 Å². The van der Waals surface area contributed by atoms with Crippen LogP contribution in [-0.2, 0) is 4.79 Å². The van der Waals surface area contributed by atoms with Crippen LogP contribution in [0.5, 0.6) is 0 Å². The number of halogens is 1. The molecule has 0 saturated heterocycles. The lowest BCUT2D eigenvalue weighted by Gasteiger charge is -2.17. The first kappa shape index (κ1) is 18.6. The molecule has 146 valence electrons. The molecule has 0 spiro atoms. The highest BCUT2D eigenvalue weighted by Gasteiger charge is 2.28. The SMILES string of the molecule is O=C1Nc2cc(F)c(C(=O)N[C@H](CO)c3ccccc3)cc2/C1=C/c1ccc[nH]1. The largest absolute Gasteiger partial charge is 0.394 e. The van der Waals surface area contributed by atoms with Crippen molar-refractivity contribution in [3.8, 4) is 0 Å². The van der Waals surface area contributed by atoms with Gasteiger partial charge >= 0.3 is 0 Å². The number of benzene rings is 2. The third kappa shape index (κ3) is 3.68. The second kappa shape index (κ2) is 7.73. The number of hydrogen-bond acceptors (Lipinski definition) is 3. The van der Waals surface area contributed by atoms with Gasteiger partial charge in [0.15, 0.2) is 0 Å². The lowest BCUT2D eigenvalue weighted by molar-refractivity contribution is -0.110. The van der Waals surface area contributed by atoms with Crippen LogP contribution in [0, 0.1) is 5.82 Å². The maximum absolute atomic E-state index is 14.6. The highest BCUT2D eigenvalue weighted by molar-refractivity contribution is 6.35. The number of carbonyl (C=O) groups is 2. The molecule has 1 aromatic heterocycles. The third-order valence-corrected chi connectivity index (χ3v) is 4.75. The predicted octanol–water partition coefficient (Wildman–Crippen LogP) is 3.11. The van der Waals surface area contributed by atoms with Gasteiger partial charge in [-0.2, -0.15) is 0 Å². The van der Waals surface area contributed by atoms with Crippen LogP contribution in [0.2, 0.25) is 0 Å². The van der Waals surface area contributed by atoms with E-state index >= 15 is 0 Å². The molecule has 4 rings (SSSR count). The van der Waals surface area contributed by atoms with Crippen molar-refractivity contribution in [2.24, 2.45) is 0 Å². The van der Waals surface area contributed by atoms with Gasteiger partial charge in [-0.05, 0) is 35.9 Å². The van der Waals surface area contributed by atoms with Crippen LogP contribution in [0.3, 0.4) is 0 Å². The first-order valence-corrected chi connectivity index (χ1v) is 9.04. The fourth-order valence-corrected chi connectivity index (χ4v) is 3.27. The van der Waals surface area contributed by atoms with Gasteiger partial charge in [0.05, 0.1) is 29.5 Å². The van der Waals surface area contributed by atoms with Gasteiger partial charge in [0, 0.05) is 17.5 Å². The van der Waals surface area contributed by atoms with Crippen molar-refractivity contribution in [2.45, 2.75) is 6.04 Å². The van der Waals surface area contributed by atoms with Gasteiger partial charge in [-0.1, -0.05) is 30.3 Å². The summed E-state index contributed by atoms with van der Waals surface area (Å²) in [5, 5.41) is 14.9. The molecule has 1 aliphatic rings. The highest BCUT2D eigenvalue weighted by atomic mass is 19.1. The number of amides is 2. The molecule has 2 aromatic carbocycles. The Bertz CT molecular complexity index is 1090. The Morgan fingerprint density at radius 3 is 2.66 bits per heavy atom. The molecule has 0 bridgehead atoms. The topological polar surface area (TPSA) is 94.2 Å². The molecule has 0 saturated carbocycles. The molecular weight excluding hydrogens is 373 g/mol. The van der Waals surface area contributed by atoms with Crippen LogP contribution >= 0.6 is 0 Å². The van der Waals surface area contributed by atoms with E-state index in [0.29, 0.717) is 28.1 Å². The van der Waals surface area contributed by atoms with E-state index in [2.05, 4.69) is 15.6 Å². The Kier molecular flexibility index (Phi) is 4.97. The van der Waals surface area contributed by atoms with Gasteiger partial charge in [0.25, 0.3) is 11.8 Å². The van der Waals surface area contributed by atoms with Crippen LogP contribution in [0.15, 0.2) is 60.8 Å². The first-order valence-electron chi connectivity index (χ1n) is 9.04. The van der Waals surface area contributed by atoms with E-state index in [4.69, 9.17) is 0 Å². The van der Waals surface area contributed by atoms with E-state index in [1.54, 1.807) is 48.7 Å². The number of aromatic nitrogens is 1. The number of aliphatic hydroxyl groups is 1. The molecule has 0 fully saturated rings. The Balaban J connectivity index is 1.66. The van der Waals surface area contributed by atoms with Crippen molar-refractivity contribution in [1.82, 2.24) is 10.3 Å². The normalized spacial score (nSPS) is 15.1. The summed E-state index contributed by atoms with van der Waals surface area (Å²) in [5.74, 6) is -1.80. The number of carbonyl (C=O) groups excluding carboxylic acids is 2. The number of aromatic amines is 1. The van der Waals surface area contributed by atoms with Crippen molar-refractivity contribution in [3.63, 3.8) is 0 Å². The monoisotopic (exact) mass is 391 g/mol. The van der Waals surface area contributed by atoms with Gasteiger partial charge in [-0.3, -0.25) is 9.59 Å². The smallest absolute Gasteiger partial charge is 0.256 e. The molecule has 7 heteroatoms. The van der Waals surface area contributed by atoms with Gasteiger partial charge in [0.2, 0.25) is 0 Å². The molecule has 29 heavy (non-hydrogen) atoms. The Labute approximate surface area is 166 Å². The molecule has 1 aliphatic heterocycles. The van der Waals surface area contributed by atoms with Crippen molar-refractivity contribution in [2.75, 3.05) is 11.9 Å². The lowest BCUT2D eigenvalue weighted by Crippen LogP contribution is -2.31. The Hall–Kier alpha value is -3.71. The average molecular weight is 391 g/mol. The summed E-state index contributed by atoms with van der Waals surface area (Å²) in [7, 11) is 0. The number of H-pyrrole nitrogens is 1. The van der Waals surface area contributed by atoms with Crippen LogP contribution in [0.4, 0.5) is 10.1 Å². The molecule has 0 radical (unpaired) electrons. The molecule has 3 aromatic rings. The highest BCUT2D eigenvalue weighted by Crippen LogP contribution is 2.35. The zero-order valence-electron chi connectivity index (χ0n) is 15.3. The van der Waals surface area contributed by atoms with Crippen LogP contribution < -0.4 is 10.6 Å². The van der Waals surface area contributed by atoms with E-state index in [-0.39, 0.29) is 18.1 Å². The molecule has 2 amide bonds. The minimum absolute atomic E-state index is 0.202. The van der Waals surface area contributed by atoms with E-state index in [9.17, 15) is 19.1 Å². The second-order valence-electron chi connectivity index (χ2n) is 6.63. The van der Waals surface area contributed by atoms with Gasteiger partial charge in [-0.15, -0.1) is 0 Å². The Morgan fingerprint density at radius 2 is 1.97 bits per heavy atom. The number of hydrogen-bond donors (Lipinski definition) is 4. The summed E-state index contributed by atoms with van der Waals surface area (Å²) in [6.45, 7) is -0.333. The molecule has 0 aliphatic carbocycles. The number of nitrogens with one attached hydrogen (secondary N) is 3. The van der Waals surface area contributed by atoms with Gasteiger partial charge in [0.1, 0.15) is 5.82 Å². The number of rotatable bonds is 5. The van der Waals surface area contributed by atoms with Crippen molar-refractivity contribution in [3.05, 3.63) is 89.0 Å². The summed E-state index contributed by atoms with van der Waals surface area (Å²) in [4.78, 5) is 28.0. The number of anilines is 1. The molecule has 1 atom stereocenters. The van der Waals surface area contributed by atoms with Crippen LogP contribution in [0.1, 0.15) is 33.2 Å². The summed E-state index contributed by atoms with van der Waals surface area (Å²) < 4.78 is 14.6. The van der Waals surface area contributed by atoms with E-state index < -0.39 is 17.8 Å². The number of aliphatic hydroxyl groups excluding tert-OH is 1. The first-order chi connectivity index (χ1) is 14.1. The molecule has 4 N–H and O–H groups in total. The van der Waals surface area contributed by atoms with E-state index in [0.717, 1.165) is 6.07 Å². The Morgan fingerprint density at radius 1 is 1.17 bits per heavy atom.